The van der Waals surface area contributed by atoms with Crippen molar-refractivity contribution in [2.24, 2.45) is 0 Å². The Balaban J connectivity index is 2.25. The molecule has 5 nitrogen and oxygen atoms in total. The molecule has 1 N–H and O–H groups in total. The molecule has 0 saturated heterocycles. The van der Waals surface area contributed by atoms with Crippen LogP contribution in [0.3, 0.4) is 0 Å². The van der Waals surface area contributed by atoms with Crippen LogP contribution in [0.25, 0.3) is 22.4 Å². The lowest BCUT2D eigenvalue weighted by Gasteiger charge is -2.15. The minimum atomic E-state index is -0.954. The van der Waals surface area contributed by atoms with Crippen LogP contribution in [-0.4, -0.2) is 31.3 Å². The standard InChI is InChI=1S/C16H13BrF2N2O3/c1-22-12-4-7(13(17)15(24-3)14(12)23-2)16-20-10-5-8(18)9(19)6-11(10)21-16/h4-6H,1-3H3,(H,20,21). The molecule has 0 aliphatic rings. The fraction of sp³-hybridized carbons (Fsp3) is 0.188. The van der Waals surface area contributed by atoms with Crippen LogP contribution in [0.1, 0.15) is 0 Å². The van der Waals surface area contributed by atoms with Crippen LogP contribution in [-0.2, 0) is 0 Å². The van der Waals surface area contributed by atoms with Gasteiger partial charge in [0.2, 0.25) is 5.75 Å². The maximum absolute atomic E-state index is 13.4. The fourth-order valence-corrected chi connectivity index (χ4v) is 3.07. The minimum absolute atomic E-state index is 0.310. The number of methoxy groups -OCH3 is 3. The summed E-state index contributed by atoms with van der Waals surface area (Å²) in [6.07, 6.45) is 0. The van der Waals surface area contributed by atoms with E-state index in [0.29, 0.717) is 44.1 Å². The van der Waals surface area contributed by atoms with Gasteiger partial charge in [-0.1, -0.05) is 0 Å². The molecule has 0 unspecified atom stereocenters. The van der Waals surface area contributed by atoms with E-state index in [9.17, 15) is 8.78 Å². The van der Waals surface area contributed by atoms with Gasteiger partial charge in [0, 0.05) is 17.7 Å². The lowest BCUT2D eigenvalue weighted by atomic mass is 10.1. The summed E-state index contributed by atoms with van der Waals surface area (Å²) in [6.45, 7) is 0. The first-order valence-electron chi connectivity index (χ1n) is 6.83. The maximum Gasteiger partial charge on any atom is 0.204 e. The second-order valence-corrected chi connectivity index (χ2v) is 5.67. The number of aromatic amines is 1. The number of aromatic nitrogens is 2. The van der Waals surface area contributed by atoms with E-state index >= 15 is 0 Å². The third-order valence-electron chi connectivity index (χ3n) is 3.55. The first-order chi connectivity index (χ1) is 11.5. The number of H-pyrrole nitrogens is 1. The highest BCUT2D eigenvalue weighted by molar-refractivity contribution is 9.10. The van der Waals surface area contributed by atoms with Crippen molar-refractivity contribution in [2.45, 2.75) is 0 Å². The number of rotatable bonds is 4. The van der Waals surface area contributed by atoms with Crippen LogP contribution in [0.5, 0.6) is 17.2 Å². The third kappa shape index (κ3) is 2.56. The third-order valence-corrected chi connectivity index (χ3v) is 4.34. The quantitative estimate of drug-likeness (QED) is 0.711. The molecule has 2 aromatic carbocycles. The molecule has 0 spiro atoms. The lowest BCUT2D eigenvalue weighted by molar-refractivity contribution is 0.323. The lowest BCUT2D eigenvalue weighted by Crippen LogP contribution is -1.97. The van der Waals surface area contributed by atoms with Gasteiger partial charge in [0.25, 0.3) is 0 Å². The molecule has 126 valence electrons. The van der Waals surface area contributed by atoms with Crippen LogP contribution in [0.4, 0.5) is 8.78 Å². The predicted octanol–water partition coefficient (Wildman–Crippen LogP) is 4.30. The van der Waals surface area contributed by atoms with E-state index in [1.54, 1.807) is 6.07 Å². The molecular weight excluding hydrogens is 386 g/mol. The molecular formula is C16H13BrF2N2O3. The molecule has 24 heavy (non-hydrogen) atoms. The summed E-state index contributed by atoms with van der Waals surface area (Å²) in [5.74, 6) is -0.217. The molecule has 0 fully saturated rings. The van der Waals surface area contributed by atoms with Gasteiger partial charge in [0.15, 0.2) is 23.1 Å². The number of benzene rings is 2. The molecule has 0 radical (unpaired) electrons. The van der Waals surface area contributed by atoms with Crippen molar-refractivity contribution in [1.29, 1.82) is 0 Å². The molecule has 3 aromatic rings. The summed E-state index contributed by atoms with van der Waals surface area (Å²) < 4.78 is 43.3. The van der Waals surface area contributed by atoms with Crippen LogP contribution in [0, 0.1) is 11.6 Å². The summed E-state index contributed by atoms with van der Waals surface area (Å²) >= 11 is 3.45. The van der Waals surface area contributed by atoms with Crippen molar-refractivity contribution < 1.29 is 23.0 Å². The smallest absolute Gasteiger partial charge is 0.204 e. The highest BCUT2D eigenvalue weighted by Gasteiger charge is 2.22. The monoisotopic (exact) mass is 398 g/mol. The number of imidazole rings is 1. The number of hydrogen-bond donors (Lipinski definition) is 1. The Bertz CT molecular complexity index is 889. The molecule has 0 aliphatic carbocycles. The topological polar surface area (TPSA) is 56.4 Å². The number of nitrogens with zero attached hydrogens (tertiary/aromatic N) is 1. The van der Waals surface area contributed by atoms with Gasteiger partial charge in [0.05, 0.1) is 36.8 Å². The Hall–Kier alpha value is -2.35. The van der Waals surface area contributed by atoms with Crippen LogP contribution in [0.2, 0.25) is 0 Å². The molecule has 1 aromatic heterocycles. The SMILES string of the molecule is COc1cc(-c2nc3cc(F)c(F)cc3[nH]2)c(Br)c(OC)c1OC. The molecule has 8 heteroatoms. The Labute approximate surface area is 144 Å². The van der Waals surface area contributed by atoms with Crippen LogP contribution < -0.4 is 14.2 Å². The number of halogens is 3. The summed E-state index contributed by atoms with van der Waals surface area (Å²) in [5.41, 5.74) is 1.29. The second-order valence-electron chi connectivity index (χ2n) is 4.88. The zero-order valence-electron chi connectivity index (χ0n) is 13.0. The minimum Gasteiger partial charge on any atom is -0.493 e. The fourth-order valence-electron chi connectivity index (χ4n) is 2.43. The van der Waals surface area contributed by atoms with E-state index in [1.807, 2.05) is 0 Å². The van der Waals surface area contributed by atoms with Gasteiger partial charge in [-0.2, -0.15) is 0 Å². The normalized spacial score (nSPS) is 10.9. The number of nitrogens with one attached hydrogen (secondary N) is 1. The number of hydrogen-bond acceptors (Lipinski definition) is 4. The Morgan fingerprint density at radius 3 is 2.25 bits per heavy atom. The molecule has 0 saturated carbocycles. The van der Waals surface area contributed by atoms with Gasteiger partial charge in [-0.3, -0.25) is 0 Å². The average molecular weight is 399 g/mol. The van der Waals surface area contributed by atoms with E-state index in [-0.39, 0.29) is 0 Å². The van der Waals surface area contributed by atoms with Gasteiger partial charge < -0.3 is 19.2 Å². The van der Waals surface area contributed by atoms with Crippen molar-refractivity contribution in [3.63, 3.8) is 0 Å². The highest BCUT2D eigenvalue weighted by atomic mass is 79.9. The van der Waals surface area contributed by atoms with Crippen molar-refractivity contribution in [2.75, 3.05) is 21.3 Å². The van der Waals surface area contributed by atoms with Crippen LogP contribution >= 0.6 is 15.9 Å². The number of fused-ring (bicyclic) bond motifs is 1. The average Bonchev–Trinajstić information content (AvgIpc) is 2.96. The first kappa shape index (κ1) is 16.5. The highest BCUT2D eigenvalue weighted by Crippen LogP contribution is 2.47. The van der Waals surface area contributed by atoms with Gasteiger partial charge >= 0.3 is 0 Å². The van der Waals surface area contributed by atoms with Crippen molar-refractivity contribution >= 4 is 27.0 Å². The van der Waals surface area contributed by atoms with E-state index in [4.69, 9.17) is 14.2 Å². The maximum atomic E-state index is 13.4. The Morgan fingerprint density at radius 2 is 1.62 bits per heavy atom. The van der Waals surface area contributed by atoms with Crippen molar-refractivity contribution in [3.8, 4) is 28.6 Å². The van der Waals surface area contributed by atoms with Gasteiger partial charge in [0.1, 0.15) is 5.82 Å². The molecule has 1 heterocycles. The van der Waals surface area contributed by atoms with Gasteiger partial charge in [-0.15, -0.1) is 0 Å². The summed E-state index contributed by atoms with van der Waals surface area (Å²) in [5, 5.41) is 0. The zero-order chi connectivity index (χ0) is 17.4. The van der Waals surface area contributed by atoms with E-state index in [1.165, 1.54) is 21.3 Å². The number of ether oxygens (including phenoxy) is 3. The second kappa shape index (κ2) is 6.27. The summed E-state index contributed by atoms with van der Waals surface area (Å²) in [7, 11) is 4.49. The molecule has 0 aliphatic heterocycles. The van der Waals surface area contributed by atoms with E-state index in [2.05, 4.69) is 25.9 Å². The van der Waals surface area contributed by atoms with Gasteiger partial charge in [-0.25, -0.2) is 13.8 Å². The Kier molecular flexibility index (Phi) is 4.31. The van der Waals surface area contributed by atoms with Crippen molar-refractivity contribution in [3.05, 3.63) is 34.3 Å². The molecule has 3 rings (SSSR count). The van der Waals surface area contributed by atoms with Gasteiger partial charge in [-0.05, 0) is 22.0 Å². The largest absolute Gasteiger partial charge is 0.493 e. The summed E-state index contributed by atoms with van der Waals surface area (Å²) in [4.78, 5) is 7.27. The Morgan fingerprint density at radius 1 is 0.958 bits per heavy atom. The van der Waals surface area contributed by atoms with E-state index < -0.39 is 11.6 Å². The first-order valence-corrected chi connectivity index (χ1v) is 7.63. The molecule has 0 atom stereocenters. The molecule has 0 bridgehead atoms. The zero-order valence-corrected chi connectivity index (χ0v) is 14.6. The molecule has 0 amide bonds. The predicted molar refractivity (Wildman–Crippen MR) is 88.8 cm³/mol. The van der Waals surface area contributed by atoms with Crippen molar-refractivity contribution in [1.82, 2.24) is 9.97 Å². The van der Waals surface area contributed by atoms with E-state index in [0.717, 1.165) is 12.1 Å². The van der Waals surface area contributed by atoms with Crippen LogP contribution in [0.15, 0.2) is 22.7 Å². The summed E-state index contributed by atoms with van der Waals surface area (Å²) in [6, 6.07) is 3.79.